The number of hydrogen-bond acceptors (Lipinski definition) is 5. The maximum absolute atomic E-state index is 14.1. The van der Waals surface area contributed by atoms with Gasteiger partial charge in [0.05, 0.1) is 28.0 Å². The molecule has 8 nitrogen and oxygen atoms in total. The van der Waals surface area contributed by atoms with Gasteiger partial charge in [0.1, 0.15) is 11.6 Å². The summed E-state index contributed by atoms with van der Waals surface area (Å²) in [5.41, 5.74) is -0.668. The van der Waals surface area contributed by atoms with Crippen molar-refractivity contribution in [1.82, 2.24) is 15.1 Å². The Balaban J connectivity index is 1.37. The Hall–Kier alpha value is -2.13. The topological polar surface area (TPSA) is 91.0 Å². The van der Waals surface area contributed by atoms with Crippen molar-refractivity contribution in [1.29, 1.82) is 0 Å². The Morgan fingerprint density at radius 2 is 1.85 bits per heavy atom. The quantitative estimate of drug-likeness (QED) is 0.366. The first kappa shape index (κ1) is 29.4. The molecule has 5 rings (SSSR count). The van der Waals surface area contributed by atoms with Crippen molar-refractivity contribution >= 4 is 46.6 Å². The molecule has 3 fully saturated rings. The average molecular weight is 592 g/mol. The molecule has 1 saturated carbocycles. The van der Waals surface area contributed by atoms with Crippen molar-refractivity contribution in [2.24, 2.45) is 11.8 Å². The highest BCUT2D eigenvalue weighted by atomic mass is 35.5. The smallest absolute Gasteiger partial charge is 0.246 e. The van der Waals surface area contributed by atoms with Crippen molar-refractivity contribution in [3.8, 4) is 0 Å². The summed E-state index contributed by atoms with van der Waals surface area (Å²) in [5, 5.41) is 6.85. The number of halogens is 2. The first-order chi connectivity index (χ1) is 19.2. The summed E-state index contributed by atoms with van der Waals surface area (Å²) in [4.78, 5) is 45.6. The van der Waals surface area contributed by atoms with Crippen LogP contribution in [0.4, 0.5) is 5.69 Å². The Labute approximate surface area is 246 Å². The second kappa shape index (κ2) is 12.4. The summed E-state index contributed by atoms with van der Waals surface area (Å²) >= 11 is 12.2. The molecule has 2 bridgehead atoms. The molecule has 3 heterocycles. The molecule has 1 aliphatic carbocycles. The molecule has 1 aromatic rings. The molecule has 10 heteroatoms. The normalized spacial score (nSPS) is 29.3. The largest absolute Gasteiger partial charge is 0.359 e. The first-order valence-electron chi connectivity index (χ1n) is 14.7. The van der Waals surface area contributed by atoms with E-state index in [2.05, 4.69) is 29.5 Å². The van der Waals surface area contributed by atoms with Crippen molar-refractivity contribution in [2.75, 3.05) is 32.0 Å². The Morgan fingerprint density at radius 3 is 2.58 bits per heavy atom. The van der Waals surface area contributed by atoms with Gasteiger partial charge in [-0.1, -0.05) is 68.0 Å². The van der Waals surface area contributed by atoms with Crippen LogP contribution >= 0.6 is 23.2 Å². The summed E-state index contributed by atoms with van der Waals surface area (Å²) < 4.78 is 6.45. The number of benzene rings is 1. The number of likely N-dealkylation sites (tertiary alicyclic amines) is 1. The number of nitrogens with zero attached hydrogens (tertiary/aromatic N) is 2. The van der Waals surface area contributed by atoms with Crippen molar-refractivity contribution in [3.63, 3.8) is 0 Å². The molecule has 1 spiro atoms. The van der Waals surface area contributed by atoms with Crippen LogP contribution in [0.5, 0.6) is 0 Å². The zero-order valence-corrected chi connectivity index (χ0v) is 24.8. The third kappa shape index (κ3) is 5.65. The van der Waals surface area contributed by atoms with Gasteiger partial charge >= 0.3 is 0 Å². The number of ether oxygens (including phenoxy) is 1. The van der Waals surface area contributed by atoms with Gasteiger partial charge in [-0.05, 0) is 64.0 Å². The molecule has 4 aliphatic rings. The maximum atomic E-state index is 14.1. The van der Waals surface area contributed by atoms with E-state index < -0.39 is 29.6 Å². The molecule has 3 aliphatic heterocycles. The van der Waals surface area contributed by atoms with Crippen molar-refractivity contribution in [2.45, 2.75) is 82.1 Å². The van der Waals surface area contributed by atoms with Gasteiger partial charge in [0.25, 0.3) is 0 Å². The molecule has 1 aromatic carbocycles. The van der Waals surface area contributed by atoms with Crippen LogP contribution in [0.1, 0.15) is 58.3 Å². The molecular weight excluding hydrogens is 551 g/mol. The number of anilines is 1. The van der Waals surface area contributed by atoms with Gasteiger partial charge in [0, 0.05) is 18.3 Å². The number of hydrogen-bond donors (Lipinski definition) is 2. The molecule has 2 saturated heterocycles. The van der Waals surface area contributed by atoms with E-state index >= 15 is 0 Å². The van der Waals surface area contributed by atoms with Gasteiger partial charge in [-0.15, -0.1) is 0 Å². The highest BCUT2D eigenvalue weighted by Gasteiger charge is 2.72. The zero-order chi connectivity index (χ0) is 28.4. The Kier molecular flexibility index (Phi) is 9.10. The van der Waals surface area contributed by atoms with Crippen LogP contribution in [-0.4, -0.2) is 78.0 Å². The summed E-state index contributed by atoms with van der Waals surface area (Å²) in [6, 6.07) is 4.16. The van der Waals surface area contributed by atoms with Crippen molar-refractivity contribution < 1.29 is 19.1 Å². The number of carbonyl (C=O) groups excluding carboxylic acids is 3. The lowest BCUT2D eigenvalue weighted by Gasteiger charge is -2.34. The lowest BCUT2D eigenvalue weighted by atomic mass is 9.74. The molecular formula is C30H40Cl2N4O4. The van der Waals surface area contributed by atoms with Crippen LogP contribution in [0.2, 0.25) is 10.0 Å². The first-order valence-corrected chi connectivity index (χ1v) is 15.4. The van der Waals surface area contributed by atoms with Gasteiger partial charge < -0.3 is 25.2 Å². The fourth-order valence-corrected chi connectivity index (χ4v) is 7.18. The highest BCUT2D eigenvalue weighted by molar-refractivity contribution is 6.42. The van der Waals surface area contributed by atoms with E-state index in [0.717, 1.165) is 58.0 Å². The minimum Gasteiger partial charge on any atom is -0.359 e. The Bertz CT molecular complexity index is 1160. The van der Waals surface area contributed by atoms with Gasteiger partial charge in [-0.25, -0.2) is 0 Å². The van der Waals surface area contributed by atoms with Crippen LogP contribution in [0, 0.1) is 11.8 Å². The average Bonchev–Trinajstić information content (AvgIpc) is 3.57. The number of nitrogens with one attached hydrogen (secondary N) is 2. The number of amides is 3. The molecule has 3 amide bonds. The van der Waals surface area contributed by atoms with Crippen molar-refractivity contribution in [3.05, 3.63) is 40.4 Å². The molecule has 0 unspecified atom stereocenters. The Morgan fingerprint density at radius 1 is 1.10 bits per heavy atom. The monoisotopic (exact) mass is 590 g/mol. The summed E-state index contributed by atoms with van der Waals surface area (Å²) in [6.07, 6.45) is 11.3. The molecule has 0 radical (unpaired) electrons. The predicted molar refractivity (Wildman–Crippen MR) is 156 cm³/mol. The van der Waals surface area contributed by atoms with E-state index in [4.69, 9.17) is 27.9 Å². The molecule has 2 N–H and O–H groups in total. The van der Waals surface area contributed by atoms with Gasteiger partial charge in [0.2, 0.25) is 17.7 Å². The number of unbranched alkanes of at least 4 members (excludes halogenated alkanes) is 1. The standard InChI is InChI=1S/C30H40Cl2N4O4/c1-3-4-15-35(2)16-8-17-36-26(28(38)33-19-9-6-5-7-10-19)30-14-13-23(40-30)24(25(30)29(36)39)27(37)34-20-11-12-21(31)22(32)18-20/h11-14,18-19,23-26H,3-10,15-17H2,1-2H3,(H,33,38)(H,34,37)/t23-,24+,25-,26+,30+/m1/s1. The van der Waals surface area contributed by atoms with Crippen LogP contribution < -0.4 is 10.6 Å². The summed E-state index contributed by atoms with van der Waals surface area (Å²) in [6.45, 7) is 4.41. The SMILES string of the molecule is CCCCN(C)CCCN1C(=O)[C@H]2[C@@H](C(=O)Nc3ccc(Cl)c(Cl)c3)[C@H]3C=C[C@@]2(O3)[C@@H]1C(=O)NC1CCCCC1. The lowest BCUT2D eigenvalue weighted by Crippen LogP contribution is -2.56. The zero-order valence-electron chi connectivity index (χ0n) is 23.3. The van der Waals surface area contributed by atoms with E-state index in [9.17, 15) is 14.4 Å². The number of rotatable bonds is 11. The molecule has 40 heavy (non-hydrogen) atoms. The highest BCUT2D eigenvalue weighted by Crippen LogP contribution is 2.55. The van der Waals surface area contributed by atoms with Crippen LogP contribution in [0.15, 0.2) is 30.4 Å². The van der Waals surface area contributed by atoms with E-state index in [1.54, 1.807) is 23.1 Å². The lowest BCUT2D eigenvalue weighted by molar-refractivity contribution is -0.141. The van der Waals surface area contributed by atoms with E-state index in [-0.39, 0.29) is 23.8 Å². The van der Waals surface area contributed by atoms with E-state index in [1.165, 1.54) is 6.42 Å². The second-order valence-corrected chi connectivity index (χ2v) is 12.5. The van der Waals surface area contributed by atoms with E-state index in [0.29, 0.717) is 22.3 Å². The minimum absolute atomic E-state index is 0.102. The maximum Gasteiger partial charge on any atom is 0.246 e. The number of fused-ring (bicyclic) bond motifs is 1. The molecule has 0 aromatic heterocycles. The van der Waals surface area contributed by atoms with Gasteiger partial charge in [-0.3, -0.25) is 14.4 Å². The molecule has 5 atom stereocenters. The van der Waals surface area contributed by atoms with Crippen LogP contribution in [0.3, 0.4) is 0 Å². The second-order valence-electron chi connectivity index (χ2n) is 11.7. The fourth-order valence-electron chi connectivity index (χ4n) is 6.89. The van der Waals surface area contributed by atoms with Gasteiger partial charge in [-0.2, -0.15) is 0 Å². The summed E-state index contributed by atoms with van der Waals surface area (Å²) in [5.74, 6) is -2.24. The van der Waals surface area contributed by atoms with Gasteiger partial charge in [0.15, 0.2) is 0 Å². The fraction of sp³-hybridized carbons (Fsp3) is 0.633. The third-order valence-electron chi connectivity index (χ3n) is 8.90. The van der Waals surface area contributed by atoms with E-state index in [1.807, 2.05) is 12.2 Å². The molecule has 218 valence electrons. The number of carbonyl (C=O) groups is 3. The van der Waals surface area contributed by atoms with Crippen LogP contribution in [-0.2, 0) is 19.1 Å². The third-order valence-corrected chi connectivity index (χ3v) is 9.63. The summed E-state index contributed by atoms with van der Waals surface area (Å²) in [7, 11) is 2.08. The predicted octanol–water partition coefficient (Wildman–Crippen LogP) is 4.65. The van der Waals surface area contributed by atoms with Crippen LogP contribution in [0.25, 0.3) is 0 Å². The minimum atomic E-state index is -1.16.